The van der Waals surface area contributed by atoms with Crippen LogP contribution < -0.4 is 5.11 Å². The summed E-state index contributed by atoms with van der Waals surface area (Å²) in [6.07, 6.45) is 0. The quantitative estimate of drug-likeness (QED) is 0.315. The molecule has 0 aliphatic heterocycles. The van der Waals surface area contributed by atoms with Gasteiger partial charge in [0.1, 0.15) is 0 Å². The third kappa shape index (κ3) is 11.2. The van der Waals surface area contributed by atoms with Crippen molar-refractivity contribution >= 4 is 34.7 Å². The van der Waals surface area contributed by atoms with Gasteiger partial charge >= 0.3 is 23.1 Å². The maximum Gasteiger partial charge on any atom is 1.00 e. The number of halogens is 1. The van der Waals surface area contributed by atoms with E-state index in [1.54, 1.807) is 0 Å². The molecule has 0 atom stereocenters. The Hall–Kier alpha value is 1.02. The van der Waals surface area contributed by atoms with Crippen LogP contribution in [0.15, 0.2) is 0 Å². The standard InChI is InChI=1S/C2H4ClO.Mg/c3-1-2-4;/h1-2H2;/q-1;+1. The fourth-order valence-electron chi connectivity index (χ4n) is 0. The molecule has 0 saturated carbocycles. The molecule has 0 aliphatic rings. The molecule has 0 N–H and O–H groups in total. The van der Waals surface area contributed by atoms with Crippen LogP contribution in [-0.4, -0.2) is 35.5 Å². The largest absolute Gasteiger partial charge is 1.00 e. The van der Waals surface area contributed by atoms with Crippen molar-refractivity contribution in [3.63, 3.8) is 0 Å². The van der Waals surface area contributed by atoms with E-state index in [1.165, 1.54) is 0 Å². The van der Waals surface area contributed by atoms with Crippen LogP contribution in [0.4, 0.5) is 0 Å². The van der Waals surface area contributed by atoms with Gasteiger partial charge in [0, 0.05) is 5.88 Å². The average molecular weight is 104 g/mol. The maximum atomic E-state index is 9.17. The van der Waals surface area contributed by atoms with E-state index in [-0.39, 0.29) is 35.5 Å². The van der Waals surface area contributed by atoms with Crippen LogP contribution in [0.2, 0.25) is 0 Å². The summed E-state index contributed by atoms with van der Waals surface area (Å²) in [6, 6.07) is 0. The van der Waals surface area contributed by atoms with Crippen LogP contribution in [0.1, 0.15) is 0 Å². The van der Waals surface area contributed by atoms with E-state index in [9.17, 15) is 0 Å². The average Bonchev–Trinajstić information content (AvgIpc) is 1.37. The molecule has 1 radical (unpaired) electrons. The second-order valence-corrected chi connectivity index (χ2v) is 0.771. The summed E-state index contributed by atoms with van der Waals surface area (Å²) >= 11 is 4.87. The summed E-state index contributed by atoms with van der Waals surface area (Å²) in [6.45, 7) is -0.165. The van der Waals surface area contributed by atoms with Gasteiger partial charge in [-0.1, -0.05) is 0 Å². The van der Waals surface area contributed by atoms with Gasteiger partial charge in [0.25, 0.3) is 0 Å². The topological polar surface area (TPSA) is 23.1 Å². The van der Waals surface area contributed by atoms with Crippen LogP contribution in [0.5, 0.6) is 0 Å². The first-order chi connectivity index (χ1) is 1.91. The molecule has 0 bridgehead atoms. The molecule has 0 heterocycles. The van der Waals surface area contributed by atoms with E-state index in [0.717, 1.165) is 0 Å². The second-order valence-electron chi connectivity index (χ2n) is 0.393. The molecule has 0 aromatic rings. The predicted molar refractivity (Wildman–Crippen MR) is 21.3 cm³/mol. The van der Waals surface area contributed by atoms with Crippen molar-refractivity contribution in [1.82, 2.24) is 0 Å². The minimum atomic E-state index is -0.165. The molecule has 0 rings (SSSR count). The minimum Gasteiger partial charge on any atom is -0.854 e. The van der Waals surface area contributed by atoms with Crippen molar-refractivity contribution < 1.29 is 5.11 Å². The number of hydrogen-bond donors (Lipinski definition) is 0. The van der Waals surface area contributed by atoms with Crippen molar-refractivity contribution in [2.45, 2.75) is 0 Å². The normalized spacial score (nSPS) is 6.00. The van der Waals surface area contributed by atoms with E-state index < -0.39 is 0 Å². The van der Waals surface area contributed by atoms with Crippen molar-refractivity contribution in [2.24, 2.45) is 0 Å². The zero-order chi connectivity index (χ0) is 3.41. The molecule has 27 valence electrons. The Bertz CT molecular complexity index is 11.6. The summed E-state index contributed by atoms with van der Waals surface area (Å²) in [5.41, 5.74) is 0. The molecule has 0 saturated heterocycles. The van der Waals surface area contributed by atoms with Crippen LogP contribution in [0.25, 0.3) is 0 Å². The summed E-state index contributed by atoms with van der Waals surface area (Å²) in [7, 11) is 0. The zero-order valence-electron chi connectivity index (χ0n) is 2.91. The predicted octanol–water partition coefficient (Wildman–Crippen LogP) is -0.795. The molecule has 0 unspecified atom stereocenters. The molecule has 0 fully saturated rings. The zero-order valence-corrected chi connectivity index (χ0v) is 5.08. The van der Waals surface area contributed by atoms with E-state index in [0.29, 0.717) is 0 Å². The molecule has 0 aromatic carbocycles. The van der Waals surface area contributed by atoms with Crippen molar-refractivity contribution in [1.29, 1.82) is 0 Å². The first-order valence-electron chi connectivity index (χ1n) is 1.06. The summed E-state index contributed by atoms with van der Waals surface area (Å²) in [5, 5.41) is 9.17. The van der Waals surface area contributed by atoms with E-state index in [1.807, 2.05) is 0 Å². The Kier molecular flexibility index (Phi) is 16.7. The third-order valence-corrected chi connectivity index (χ3v) is 0.231. The van der Waals surface area contributed by atoms with Crippen molar-refractivity contribution in [2.75, 3.05) is 12.5 Å². The summed E-state index contributed by atoms with van der Waals surface area (Å²) < 4.78 is 0. The number of rotatable bonds is 1. The first-order valence-corrected chi connectivity index (χ1v) is 1.59. The Morgan fingerprint density at radius 3 is 1.80 bits per heavy atom. The van der Waals surface area contributed by atoms with Crippen molar-refractivity contribution in [3.8, 4) is 0 Å². The summed E-state index contributed by atoms with van der Waals surface area (Å²) in [4.78, 5) is 0. The smallest absolute Gasteiger partial charge is 0.854 e. The molecule has 1 nitrogen and oxygen atoms in total. The Balaban J connectivity index is 0. The van der Waals surface area contributed by atoms with Gasteiger partial charge in [0.2, 0.25) is 0 Å². The minimum absolute atomic E-state index is 0. The monoisotopic (exact) mass is 103 g/mol. The Morgan fingerprint density at radius 2 is 1.80 bits per heavy atom. The van der Waals surface area contributed by atoms with Gasteiger partial charge in [-0.15, -0.1) is 18.2 Å². The first kappa shape index (κ1) is 9.39. The SMILES string of the molecule is [Mg+].[O-]CCCl. The molecule has 3 heteroatoms. The number of hydrogen-bond acceptors (Lipinski definition) is 1. The van der Waals surface area contributed by atoms with Crippen LogP contribution in [-0.2, 0) is 0 Å². The van der Waals surface area contributed by atoms with Gasteiger partial charge in [-0.3, -0.25) is 0 Å². The van der Waals surface area contributed by atoms with Gasteiger partial charge in [0.05, 0.1) is 0 Å². The molecular weight excluding hydrogens is 99.8 g/mol. The van der Waals surface area contributed by atoms with Gasteiger partial charge in [-0.05, 0) is 0 Å². The molecule has 0 spiro atoms. The maximum absolute atomic E-state index is 9.17. The van der Waals surface area contributed by atoms with Gasteiger partial charge in [-0.2, -0.15) is 0 Å². The molecule has 0 amide bonds. The number of alkyl halides is 1. The molecule has 5 heavy (non-hydrogen) atoms. The Morgan fingerprint density at radius 1 is 1.60 bits per heavy atom. The van der Waals surface area contributed by atoms with Gasteiger partial charge in [0.15, 0.2) is 0 Å². The Labute approximate surface area is 52.5 Å². The van der Waals surface area contributed by atoms with Crippen LogP contribution in [0.3, 0.4) is 0 Å². The van der Waals surface area contributed by atoms with Gasteiger partial charge in [-0.25, -0.2) is 0 Å². The van der Waals surface area contributed by atoms with Gasteiger partial charge < -0.3 is 5.11 Å². The molecule has 0 aromatic heterocycles. The second kappa shape index (κ2) is 8.89. The molecular formula is C2H4ClMgO. The fraction of sp³-hybridized carbons (Fsp3) is 1.00. The third-order valence-electron chi connectivity index (χ3n) is 0.0772. The van der Waals surface area contributed by atoms with Crippen LogP contribution >= 0.6 is 11.6 Å². The van der Waals surface area contributed by atoms with Crippen molar-refractivity contribution in [3.05, 3.63) is 0 Å². The summed E-state index contributed by atoms with van der Waals surface area (Å²) in [5.74, 6) is 0.236. The fourth-order valence-corrected chi connectivity index (χ4v) is 0. The van der Waals surface area contributed by atoms with E-state index in [4.69, 9.17) is 16.7 Å². The van der Waals surface area contributed by atoms with E-state index >= 15 is 0 Å². The van der Waals surface area contributed by atoms with Crippen LogP contribution in [0, 0.1) is 0 Å². The molecule has 0 aliphatic carbocycles. The van der Waals surface area contributed by atoms with E-state index in [2.05, 4.69) is 0 Å².